The molecule has 1 fully saturated rings. The summed E-state index contributed by atoms with van der Waals surface area (Å²) in [5.74, 6) is -0.155. The molecule has 1 aliphatic heterocycles. The molecule has 0 N–H and O–H groups in total. The molecule has 4 rings (SSSR count). The lowest BCUT2D eigenvalue weighted by atomic mass is 10.0. The number of carbonyl (C=O) groups excluding carboxylic acids is 1. The molecule has 0 saturated carbocycles. The third-order valence-corrected chi connectivity index (χ3v) is 5.72. The molecule has 5 heteroatoms. The van der Waals surface area contributed by atoms with E-state index in [0.29, 0.717) is 6.42 Å². The summed E-state index contributed by atoms with van der Waals surface area (Å²) in [6, 6.07) is 14.2. The Hall–Kier alpha value is -2.40. The number of aromatic nitrogens is 1. The van der Waals surface area contributed by atoms with Gasteiger partial charge in [0, 0.05) is 0 Å². The fourth-order valence-electron chi connectivity index (χ4n) is 2.97. The van der Waals surface area contributed by atoms with Crippen molar-refractivity contribution in [2.24, 2.45) is 0 Å². The van der Waals surface area contributed by atoms with Crippen LogP contribution in [-0.2, 0) is 16.0 Å². The Labute approximate surface area is 151 Å². The maximum Gasteiger partial charge on any atom is 0.310 e. The van der Waals surface area contributed by atoms with Crippen molar-refractivity contribution in [1.29, 1.82) is 0 Å². The van der Waals surface area contributed by atoms with Crippen LogP contribution in [0.15, 0.2) is 42.5 Å². The molecular weight excluding hydrogens is 332 g/mol. The SMILES string of the molecule is Cc1ccc(CC(=O)OC2CN(c3nc4ccccc4s3)C2)cc1C. The predicted octanol–water partition coefficient (Wildman–Crippen LogP) is 3.89. The van der Waals surface area contributed by atoms with E-state index < -0.39 is 0 Å². The lowest BCUT2D eigenvalue weighted by molar-refractivity contribution is -0.149. The first-order valence-corrected chi connectivity index (χ1v) is 9.26. The summed E-state index contributed by atoms with van der Waals surface area (Å²) >= 11 is 1.68. The molecule has 2 aromatic carbocycles. The Morgan fingerprint density at radius 2 is 2.00 bits per heavy atom. The summed E-state index contributed by atoms with van der Waals surface area (Å²) < 4.78 is 6.77. The van der Waals surface area contributed by atoms with E-state index in [2.05, 4.69) is 41.9 Å². The van der Waals surface area contributed by atoms with Crippen LogP contribution in [0.3, 0.4) is 0 Å². The van der Waals surface area contributed by atoms with Gasteiger partial charge >= 0.3 is 5.97 Å². The van der Waals surface area contributed by atoms with Gasteiger partial charge in [0.25, 0.3) is 0 Å². The van der Waals surface area contributed by atoms with E-state index in [1.54, 1.807) is 11.3 Å². The maximum atomic E-state index is 12.1. The molecule has 0 radical (unpaired) electrons. The van der Waals surface area contributed by atoms with Gasteiger partial charge < -0.3 is 9.64 Å². The third-order valence-electron chi connectivity index (χ3n) is 4.62. The number of ether oxygens (including phenoxy) is 1. The van der Waals surface area contributed by atoms with E-state index in [-0.39, 0.29) is 12.1 Å². The fourth-order valence-corrected chi connectivity index (χ4v) is 3.96. The minimum atomic E-state index is -0.155. The van der Waals surface area contributed by atoms with Crippen molar-refractivity contribution in [1.82, 2.24) is 4.98 Å². The van der Waals surface area contributed by atoms with Crippen molar-refractivity contribution >= 4 is 32.7 Å². The molecular formula is C20H20N2O2S. The van der Waals surface area contributed by atoms with Crippen molar-refractivity contribution < 1.29 is 9.53 Å². The maximum absolute atomic E-state index is 12.1. The number of benzene rings is 2. The van der Waals surface area contributed by atoms with Gasteiger partial charge in [-0.3, -0.25) is 4.79 Å². The Balaban J connectivity index is 1.31. The number of hydrogen-bond donors (Lipinski definition) is 0. The van der Waals surface area contributed by atoms with E-state index in [9.17, 15) is 4.79 Å². The molecule has 2 heterocycles. The van der Waals surface area contributed by atoms with Gasteiger partial charge in [-0.05, 0) is 42.7 Å². The molecule has 0 bridgehead atoms. The molecule has 0 aliphatic carbocycles. The summed E-state index contributed by atoms with van der Waals surface area (Å²) in [5.41, 5.74) is 4.48. The van der Waals surface area contributed by atoms with Crippen LogP contribution in [0.5, 0.6) is 0 Å². The van der Waals surface area contributed by atoms with E-state index in [0.717, 1.165) is 29.3 Å². The first-order valence-electron chi connectivity index (χ1n) is 8.44. The van der Waals surface area contributed by atoms with Gasteiger partial charge in [0.2, 0.25) is 0 Å². The van der Waals surface area contributed by atoms with Gasteiger partial charge in [-0.15, -0.1) is 0 Å². The number of esters is 1. The number of hydrogen-bond acceptors (Lipinski definition) is 5. The number of nitrogens with zero attached hydrogens (tertiary/aromatic N) is 2. The average molecular weight is 352 g/mol. The topological polar surface area (TPSA) is 42.4 Å². The Bertz CT molecular complexity index is 895. The first kappa shape index (κ1) is 16.1. The molecule has 3 aromatic rings. The first-order chi connectivity index (χ1) is 12.1. The second-order valence-corrected chi connectivity index (χ2v) is 7.59. The summed E-state index contributed by atoms with van der Waals surface area (Å²) in [6.45, 7) is 5.57. The van der Waals surface area contributed by atoms with Crippen LogP contribution in [-0.4, -0.2) is 30.1 Å². The lowest BCUT2D eigenvalue weighted by Crippen LogP contribution is -2.53. The van der Waals surface area contributed by atoms with Gasteiger partial charge in [-0.1, -0.05) is 41.7 Å². The molecule has 1 saturated heterocycles. The number of carbonyl (C=O) groups is 1. The Morgan fingerprint density at radius 3 is 2.76 bits per heavy atom. The molecule has 4 nitrogen and oxygen atoms in total. The van der Waals surface area contributed by atoms with E-state index >= 15 is 0 Å². The number of fused-ring (bicyclic) bond motifs is 1. The van der Waals surface area contributed by atoms with Crippen molar-refractivity contribution in [3.05, 3.63) is 59.2 Å². The molecule has 1 aliphatic rings. The quantitative estimate of drug-likeness (QED) is 0.668. The van der Waals surface area contributed by atoms with Gasteiger partial charge in [-0.25, -0.2) is 4.98 Å². The van der Waals surface area contributed by atoms with Gasteiger partial charge in [0.1, 0.15) is 6.10 Å². The monoisotopic (exact) mass is 352 g/mol. The van der Waals surface area contributed by atoms with Gasteiger partial charge in [-0.2, -0.15) is 0 Å². The van der Waals surface area contributed by atoms with Crippen LogP contribution in [0.4, 0.5) is 5.13 Å². The number of rotatable bonds is 4. The fraction of sp³-hybridized carbons (Fsp3) is 0.300. The molecule has 0 atom stereocenters. The number of para-hydroxylation sites is 1. The molecule has 1 aromatic heterocycles. The zero-order valence-electron chi connectivity index (χ0n) is 14.4. The highest BCUT2D eigenvalue weighted by atomic mass is 32.1. The summed E-state index contributed by atoms with van der Waals surface area (Å²) in [5, 5.41) is 1.00. The van der Waals surface area contributed by atoms with Gasteiger partial charge in [0.05, 0.1) is 29.7 Å². The highest BCUT2D eigenvalue weighted by Gasteiger charge is 2.32. The molecule has 0 unspecified atom stereocenters. The average Bonchev–Trinajstić information content (AvgIpc) is 2.97. The van der Waals surface area contributed by atoms with Crippen LogP contribution >= 0.6 is 11.3 Å². The summed E-state index contributed by atoms with van der Waals surface area (Å²) in [7, 11) is 0. The van der Waals surface area contributed by atoms with Crippen LogP contribution in [0.1, 0.15) is 16.7 Å². The lowest BCUT2D eigenvalue weighted by Gasteiger charge is -2.38. The standard InChI is InChI=1S/C20H20N2O2S/c1-13-7-8-15(9-14(13)2)10-19(23)24-16-11-22(12-16)20-21-17-5-3-4-6-18(17)25-20/h3-9,16H,10-12H2,1-2H3. The highest BCUT2D eigenvalue weighted by Crippen LogP contribution is 2.31. The molecule has 0 spiro atoms. The van der Waals surface area contributed by atoms with Crippen LogP contribution in [0.25, 0.3) is 10.2 Å². The third kappa shape index (κ3) is 3.37. The molecule has 0 amide bonds. The minimum Gasteiger partial charge on any atom is -0.458 e. The summed E-state index contributed by atoms with van der Waals surface area (Å²) in [4.78, 5) is 18.9. The van der Waals surface area contributed by atoms with E-state index in [1.165, 1.54) is 15.8 Å². The summed E-state index contributed by atoms with van der Waals surface area (Å²) in [6.07, 6.45) is 0.296. The van der Waals surface area contributed by atoms with Crippen molar-refractivity contribution in [3.8, 4) is 0 Å². The number of anilines is 1. The Kier molecular flexibility index (Phi) is 4.17. The van der Waals surface area contributed by atoms with Crippen LogP contribution < -0.4 is 4.90 Å². The van der Waals surface area contributed by atoms with Crippen molar-refractivity contribution in [2.75, 3.05) is 18.0 Å². The van der Waals surface area contributed by atoms with Crippen molar-refractivity contribution in [3.63, 3.8) is 0 Å². The highest BCUT2D eigenvalue weighted by molar-refractivity contribution is 7.22. The van der Waals surface area contributed by atoms with Gasteiger partial charge in [0.15, 0.2) is 5.13 Å². The zero-order chi connectivity index (χ0) is 17.4. The second kappa shape index (κ2) is 6.48. The largest absolute Gasteiger partial charge is 0.458 e. The molecule has 128 valence electrons. The number of aryl methyl sites for hydroxylation is 2. The Morgan fingerprint density at radius 1 is 1.20 bits per heavy atom. The van der Waals surface area contributed by atoms with Crippen molar-refractivity contribution in [2.45, 2.75) is 26.4 Å². The molecule has 25 heavy (non-hydrogen) atoms. The van der Waals surface area contributed by atoms with Crippen LogP contribution in [0, 0.1) is 13.8 Å². The van der Waals surface area contributed by atoms with Crippen LogP contribution in [0.2, 0.25) is 0 Å². The normalized spacial score (nSPS) is 14.6. The van der Waals surface area contributed by atoms with E-state index in [4.69, 9.17) is 4.74 Å². The predicted molar refractivity (Wildman–Crippen MR) is 101 cm³/mol. The number of thiazole rings is 1. The zero-order valence-corrected chi connectivity index (χ0v) is 15.2. The minimum absolute atomic E-state index is 0.0361. The second-order valence-electron chi connectivity index (χ2n) is 6.58. The smallest absolute Gasteiger partial charge is 0.310 e. The van der Waals surface area contributed by atoms with E-state index in [1.807, 2.05) is 24.3 Å².